The molecule has 5 rings (SSSR count). The molecule has 4 aromatic rings. The molecular weight excluding hydrogens is 635 g/mol. The minimum Gasteiger partial charge on any atom is -0.744 e. The van der Waals surface area contributed by atoms with E-state index in [9.17, 15) is 35.5 Å². The summed E-state index contributed by atoms with van der Waals surface area (Å²) in [5.74, 6) is -0.960. The molecule has 204 valence electrons. The summed E-state index contributed by atoms with van der Waals surface area (Å²) in [6, 6.07) is 17.5. The summed E-state index contributed by atoms with van der Waals surface area (Å²) < 4.78 is 70.2. The number of aryl methyl sites for hydroxylation is 2. The van der Waals surface area contributed by atoms with Gasteiger partial charge in [-0.1, -0.05) is 36.4 Å². The molecule has 2 N–H and O–H groups in total. The standard InChI is InChI=1S/C28H22N2O8S2.2K/c1-15-7-9-17(13-23(15)39(33,34)35)29-21-11-12-22(30-18-10-8-16(2)24(14-18)40(36,37)38)26-25(21)27(31)19-5-3-4-6-20(19)28(26)32;;/h3-14,29-30H,1-2H3,(H,33,34,35)(H,36,37,38);;/q;2*+1/p-2. The average molecular weight is 655 g/mol. The van der Waals surface area contributed by atoms with Gasteiger partial charge in [-0.05, 0) is 61.4 Å². The van der Waals surface area contributed by atoms with Crippen molar-refractivity contribution >= 4 is 54.6 Å². The molecule has 10 nitrogen and oxygen atoms in total. The molecule has 0 spiro atoms. The number of rotatable bonds is 6. The number of carbonyl (C=O) groups excluding carboxylic acids is 2. The first-order valence-electron chi connectivity index (χ1n) is 11.8. The van der Waals surface area contributed by atoms with Crippen LogP contribution >= 0.6 is 0 Å². The van der Waals surface area contributed by atoms with Crippen LogP contribution in [0.4, 0.5) is 22.7 Å². The fraction of sp³-hybridized carbons (Fsp3) is 0.0714. The van der Waals surface area contributed by atoms with Crippen molar-refractivity contribution in [1.82, 2.24) is 0 Å². The second-order valence-electron chi connectivity index (χ2n) is 9.23. The van der Waals surface area contributed by atoms with Crippen LogP contribution in [0.3, 0.4) is 0 Å². The number of hydrogen-bond donors (Lipinski definition) is 2. The number of fused-ring (bicyclic) bond motifs is 2. The van der Waals surface area contributed by atoms with Crippen molar-refractivity contribution in [2.45, 2.75) is 23.6 Å². The van der Waals surface area contributed by atoms with Crippen molar-refractivity contribution < 1.29 is 138 Å². The first-order chi connectivity index (χ1) is 18.8. The minimum absolute atomic E-state index is 0. The van der Waals surface area contributed by atoms with Crippen molar-refractivity contribution in [2.24, 2.45) is 0 Å². The van der Waals surface area contributed by atoms with Gasteiger partial charge in [-0.3, -0.25) is 9.59 Å². The average Bonchev–Trinajstić information content (AvgIpc) is 2.88. The van der Waals surface area contributed by atoms with Gasteiger partial charge in [0.05, 0.1) is 32.3 Å². The molecule has 0 amide bonds. The SMILES string of the molecule is Cc1ccc(Nc2ccc(Nc3ccc(C)c(S(=O)(=O)[O-])c3)c3c2C(=O)c2ccccc2C3=O)cc1S(=O)(=O)[O-].[K+].[K+]. The van der Waals surface area contributed by atoms with E-state index in [0.717, 1.165) is 12.1 Å². The van der Waals surface area contributed by atoms with E-state index >= 15 is 0 Å². The summed E-state index contributed by atoms with van der Waals surface area (Å²) in [5, 5.41) is 5.91. The van der Waals surface area contributed by atoms with Crippen LogP contribution in [-0.4, -0.2) is 37.5 Å². The molecule has 4 aromatic carbocycles. The minimum atomic E-state index is -4.77. The van der Waals surface area contributed by atoms with Gasteiger partial charge in [-0.15, -0.1) is 0 Å². The Morgan fingerprint density at radius 3 is 1.26 bits per heavy atom. The van der Waals surface area contributed by atoms with Crippen LogP contribution in [-0.2, 0) is 20.2 Å². The Kier molecular flexibility index (Phi) is 11.4. The molecule has 0 fully saturated rings. The van der Waals surface area contributed by atoms with Crippen LogP contribution < -0.4 is 113 Å². The molecule has 0 bridgehead atoms. The van der Waals surface area contributed by atoms with Crippen molar-refractivity contribution in [3.8, 4) is 0 Å². The predicted molar refractivity (Wildman–Crippen MR) is 145 cm³/mol. The summed E-state index contributed by atoms with van der Waals surface area (Å²) >= 11 is 0. The number of nitrogens with one attached hydrogen (secondary N) is 2. The first kappa shape index (κ1) is 35.4. The van der Waals surface area contributed by atoms with Crippen LogP contribution in [0.5, 0.6) is 0 Å². The summed E-state index contributed by atoms with van der Waals surface area (Å²) in [6.45, 7) is 2.95. The Bertz CT molecular complexity index is 1840. The number of benzene rings is 4. The largest absolute Gasteiger partial charge is 1.00 e. The van der Waals surface area contributed by atoms with E-state index in [-0.39, 0.29) is 159 Å². The first-order valence-corrected chi connectivity index (χ1v) is 14.6. The third-order valence-corrected chi connectivity index (χ3v) is 8.51. The zero-order valence-electron chi connectivity index (χ0n) is 23.0. The maximum Gasteiger partial charge on any atom is 1.00 e. The van der Waals surface area contributed by atoms with E-state index in [1.807, 2.05) is 0 Å². The second kappa shape index (κ2) is 13.5. The van der Waals surface area contributed by atoms with Crippen molar-refractivity contribution in [2.75, 3.05) is 10.6 Å². The quantitative estimate of drug-likeness (QED) is 0.160. The summed E-state index contributed by atoms with van der Waals surface area (Å²) in [5.41, 5.74) is 1.58. The molecule has 0 unspecified atom stereocenters. The third kappa shape index (κ3) is 7.08. The van der Waals surface area contributed by atoms with Gasteiger partial charge in [-0.25, -0.2) is 16.8 Å². The van der Waals surface area contributed by atoms with Gasteiger partial charge in [0.2, 0.25) is 0 Å². The molecule has 0 atom stereocenters. The third-order valence-electron chi connectivity index (χ3n) is 6.55. The van der Waals surface area contributed by atoms with Gasteiger partial charge >= 0.3 is 103 Å². The van der Waals surface area contributed by atoms with E-state index < -0.39 is 41.6 Å². The number of ketones is 2. The fourth-order valence-corrected chi connectivity index (χ4v) is 6.10. The van der Waals surface area contributed by atoms with Gasteiger partial charge in [-0.2, -0.15) is 0 Å². The zero-order valence-corrected chi connectivity index (χ0v) is 30.9. The van der Waals surface area contributed by atoms with Gasteiger partial charge < -0.3 is 19.7 Å². The van der Waals surface area contributed by atoms with E-state index in [0.29, 0.717) is 0 Å². The van der Waals surface area contributed by atoms with Gasteiger partial charge in [0.15, 0.2) is 11.6 Å². The molecule has 1 aliphatic rings. The molecule has 14 heteroatoms. The second-order valence-corrected chi connectivity index (χ2v) is 11.9. The maximum absolute atomic E-state index is 13.7. The maximum atomic E-state index is 13.7. The molecule has 0 radical (unpaired) electrons. The van der Waals surface area contributed by atoms with Crippen LogP contribution in [0.25, 0.3) is 0 Å². The van der Waals surface area contributed by atoms with E-state index in [1.165, 1.54) is 62.4 Å². The van der Waals surface area contributed by atoms with Crippen LogP contribution in [0, 0.1) is 13.8 Å². The van der Waals surface area contributed by atoms with Crippen molar-refractivity contribution in [1.29, 1.82) is 0 Å². The molecule has 0 aliphatic heterocycles. The van der Waals surface area contributed by atoms with Gasteiger partial charge in [0.1, 0.15) is 20.2 Å². The molecule has 0 heterocycles. The van der Waals surface area contributed by atoms with Crippen LogP contribution in [0.1, 0.15) is 43.0 Å². The Morgan fingerprint density at radius 2 is 0.929 bits per heavy atom. The molecule has 0 aromatic heterocycles. The molecular formula is C28H20K2N2O8S2. The molecule has 1 aliphatic carbocycles. The van der Waals surface area contributed by atoms with Crippen molar-refractivity contribution in [3.05, 3.63) is 106 Å². The monoisotopic (exact) mass is 654 g/mol. The fourth-order valence-electron chi connectivity index (χ4n) is 4.64. The van der Waals surface area contributed by atoms with E-state index in [1.54, 1.807) is 12.1 Å². The summed E-state index contributed by atoms with van der Waals surface area (Å²) in [7, 11) is -9.54. The Labute approximate surface area is 328 Å². The Hall–Kier alpha value is -1.09. The smallest absolute Gasteiger partial charge is 0.744 e. The molecule has 0 saturated heterocycles. The molecule has 42 heavy (non-hydrogen) atoms. The number of carbonyl (C=O) groups is 2. The van der Waals surface area contributed by atoms with Crippen LogP contribution in [0.15, 0.2) is 82.6 Å². The Balaban J connectivity index is 0.00000242. The Morgan fingerprint density at radius 1 is 0.571 bits per heavy atom. The normalized spacial score (nSPS) is 12.4. The van der Waals surface area contributed by atoms with Gasteiger partial charge in [0, 0.05) is 22.5 Å². The van der Waals surface area contributed by atoms with Crippen molar-refractivity contribution in [3.63, 3.8) is 0 Å². The predicted octanol–water partition coefficient (Wildman–Crippen LogP) is -1.62. The summed E-state index contributed by atoms with van der Waals surface area (Å²) in [6.07, 6.45) is 0. The number of hydrogen-bond acceptors (Lipinski definition) is 10. The van der Waals surface area contributed by atoms with E-state index in [4.69, 9.17) is 0 Å². The van der Waals surface area contributed by atoms with Crippen LogP contribution in [0.2, 0.25) is 0 Å². The van der Waals surface area contributed by atoms with E-state index in [2.05, 4.69) is 10.6 Å². The zero-order chi connectivity index (χ0) is 29.0. The topological polar surface area (TPSA) is 173 Å². The molecule has 0 saturated carbocycles. The van der Waals surface area contributed by atoms with Gasteiger partial charge in [0.25, 0.3) is 0 Å². The number of anilines is 4. The summed E-state index contributed by atoms with van der Waals surface area (Å²) in [4.78, 5) is 26.5.